The van der Waals surface area contributed by atoms with E-state index in [1.54, 1.807) is 0 Å². The van der Waals surface area contributed by atoms with E-state index in [9.17, 15) is 0 Å². The summed E-state index contributed by atoms with van der Waals surface area (Å²) in [6, 6.07) is 0.641. The van der Waals surface area contributed by atoms with Gasteiger partial charge in [0.15, 0.2) is 0 Å². The molecule has 1 N–H and O–H groups in total. The topological polar surface area (TPSA) is 30.5 Å². The van der Waals surface area contributed by atoms with Crippen LogP contribution in [0.15, 0.2) is 0 Å². The molecule has 0 spiro atoms. The van der Waals surface area contributed by atoms with Gasteiger partial charge in [-0.2, -0.15) is 0 Å². The van der Waals surface area contributed by atoms with E-state index in [1.165, 1.54) is 19.3 Å². The van der Waals surface area contributed by atoms with Crippen molar-refractivity contribution in [1.82, 2.24) is 5.32 Å². The first kappa shape index (κ1) is 13.3. The molecule has 0 aromatic heterocycles. The number of nitrogens with one attached hydrogen (secondary N) is 1. The lowest BCUT2D eigenvalue weighted by atomic mass is 9.61. The van der Waals surface area contributed by atoms with Crippen LogP contribution in [0.25, 0.3) is 0 Å². The van der Waals surface area contributed by atoms with Gasteiger partial charge in [-0.1, -0.05) is 20.8 Å². The average Bonchev–Trinajstić information content (AvgIpc) is 2.84. The third-order valence-electron chi connectivity index (χ3n) is 4.75. The number of hydrogen-bond acceptors (Lipinski definition) is 3. The average molecular weight is 241 g/mol. The third kappa shape index (κ3) is 2.67. The maximum Gasteiger partial charge on any atom is 0.0658 e. The van der Waals surface area contributed by atoms with Crippen LogP contribution in [0.5, 0.6) is 0 Å². The van der Waals surface area contributed by atoms with Crippen LogP contribution in [0, 0.1) is 11.3 Å². The molecule has 3 nitrogen and oxygen atoms in total. The van der Waals surface area contributed by atoms with Crippen LogP contribution in [0.4, 0.5) is 0 Å². The Balaban J connectivity index is 1.77. The predicted octanol–water partition coefficient (Wildman–Crippen LogP) is 2.21. The highest BCUT2D eigenvalue weighted by molar-refractivity contribution is 5.04. The van der Waals surface area contributed by atoms with Gasteiger partial charge in [0, 0.05) is 24.0 Å². The molecule has 2 aliphatic rings. The monoisotopic (exact) mass is 241 g/mol. The molecule has 1 aliphatic heterocycles. The van der Waals surface area contributed by atoms with E-state index in [-0.39, 0.29) is 0 Å². The molecule has 1 aliphatic carbocycles. The first-order valence-electron chi connectivity index (χ1n) is 7.13. The van der Waals surface area contributed by atoms with Crippen LogP contribution in [0.3, 0.4) is 0 Å². The Morgan fingerprint density at radius 1 is 1.41 bits per heavy atom. The van der Waals surface area contributed by atoms with Crippen molar-refractivity contribution in [3.8, 4) is 0 Å². The van der Waals surface area contributed by atoms with E-state index in [0.717, 1.165) is 26.4 Å². The SMILES string of the molecule is CCNC1CC(OCC2CCOC2)C1(C)CC. The molecule has 0 aromatic rings. The summed E-state index contributed by atoms with van der Waals surface area (Å²) in [4.78, 5) is 0. The maximum atomic E-state index is 6.12. The van der Waals surface area contributed by atoms with Crippen LogP contribution >= 0.6 is 0 Å². The van der Waals surface area contributed by atoms with E-state index in [4.69, 9.17) is 9.47 Å². The minimum Gasteiger partial charge on any atom is -0.381 e. The van der Waals surface area contributed by atoms with Crippen LogP contribution in [0.1, 0.15) is 40.0 Å². The van der Waals surface area contributed by atoms with Crippen molar-refractivity contribution >= 4 is 0 Å². The van der Waals surface area contributed by atoms with Gasteiger partial charge in [-0.05, 0) is 25.8 Å². The fourth-order valence-corrected chi connectivity index (χ4v) is 3.08. The van der Waals surface area contributed by atoms with Crippen molar-refractivity contribution in [3.05, 3.63) is 0 Å². The van der Waals surface area contributed by atoms with Gasteiger partial charge in [0.25, 0.3) is 0 Å². The summed E-state index contributed by atoms with van der Waals surface area (Å²) in [6.45, 7) is 10.6. The van der Waals surface area contributed by atoms with E-state index in [0.29, 0.717) is 23.5 Å². The molecule has 2 rings (SSSR count). The lowest BCUT2D eigenvalue weighted by Crippen LogP contribution is -2.62. The van der Waals surface area contributed by atoms with Gasteiger partial charge in [0.05, 0.1) is 19.3 Å². The van der Waals surface area contributed by atoms with E-state index in [1.807, 2.05) is 0 Å². The second kappa shape index (κ2) is 5.68. The Kier molecular flexibility index (Phi) is 4.45. The number of hydrogen-bond donors (Lipinski definition) is 1. The molecule has 0 amide bonds. The normalized spacial score (nSPS) is 41.5. The first-order valence-corrected chi connectivity index (χ1v) is 7.13. The zero-order chi connectivity index (χ0) is 12.3. The second-order valence-corrected chi connectivity index (χ2v) is 5.76. The maximum absolute atomic E-state index is 6.12. The van der Waals surface area contributed by atoms with E-state index < -0.39 is 0 Å². The van der Waals surface area contributed by atoms with Gasteiger partial charge >= 0.3 is 0 Å². The Morgan fingerprint density at radius 3 is 2.82 bits per heavy atom. The largest absolute Gasteiger partial charge is 0.381 e. The predicted molar refractivity (Wildman–Crippen MR) is 69.1 cm³/mol. The van der Waals surface area contributed by atoms with Crippen LogP contribution < -0.4 is 5.32 Å². The van der Waals surface area contributed by atoms with Crippen molar-refractivity contribution in [2.75, 3.05) is 26.4 Å². The van der Waals surface area contributed by atoms with Crippen molar-refractivity contribution in [3.63, 3.8) is 0 Å². The molecule has 1 saturated heterocycles. The van der Waals surface area contributed by atoms with Gasteiger partial charge in [-0.3, -0.25) is 0 Å². The Hall–Kier alpha value is -0.120. The zero-order valence-electron chi connectivity index (χ0n) is 11.5. The minimum atomic E-state index is 0.329. The Morgan fingerprint density at radius 2 is 2.24 bits per heavy atom. The minimum absolute atomic E-state index is 0.329. The molecule has 1 heterocycles. The Labute approximate surface area is 105 Å². The lowest BCUT2D eigenvalue weighted by Gasteiger charge is -2.54. The quantitative estimate of drug-likeness (QED) is 0.773. The molecule has 0 aromatic carbocycles. The van der Waals surface area contributed by atoms with Gasteiger partial charge in [-0.15, -0.1) is 0 Å². The molecule has 17 heavy (non-hydrogen) atoms. The molecule has 2 fully saturated rings. The highest BCUT2D eigenvalue weighted by Gasteiger charge is 2.50. The molecule has 100 valence electrons. The highest BCUT2D eigenvalue weighted by Crippen LogP contribution is 2.46. The fraction of sp³-hybridized carbons (Fsp3) is 1.00. The summed E-state index contributed by atoms with van der Waals surface area (Å²) in [5.41, 5.74) is 0.329. The van der Waals surface area contributed by atoms with Crippen molar-refractivity contribution in [2.45, 2.75) is 52.2 Å². The van der Waals surface area contributed by atoms with Crippen LogP contribution in [-0.2, 0) is 9.47 Å². The van der Waals surface area contributed by atoms with Crippen molar-refractivity contribution in [2.24, 2.45) is 11.3 Å². The van der Waals surface area contributed by atoms with E-state index in [2.05, 4.69) is 26.1 Å². The summed E-state index contributed by atoms with van der Waals surface area (Å²) in [5, 5.41) is 3.58. The molecular formula is C14H27NO2. The highest BCUT2D eigenvalue weighted by atomic mass is 16.5. The smallest absolute Gasteiger partial charge is 0.0658 e. The summed E-state index contributed by atoms with van der Waals surface area (Å²) in [7, 11) is 0. The summed E-state index contributed by atoms with van der Waals surface area (Å²) in [6.07, 6.45) is 3.98. The zero-order valence-corrected chi connectivity index (χ0v) is 11.5. The molecular weight excluding hydrogens is 214 g/mol. The standard InChI is InChI=1S/C14H27NO2/c1-4-14(3)12(15-5-2)8-13(14)17-10-11-6-7-16-9-11/h11-13,15H,4-10H2,1-3H3. The third-order valence-corrected chi connectivity index (χ3v) is 4.75. The molecule has 4 unspecified atom stereocenters. The second-order valence-electron chi connectivity index (χ2n) is 5.76. The number of rotatable bonds is 6. The van der Waals surface area contributed by atoms with Gasteiger partial charge in [0.2, 0.25) is 0 Å². The molecule has 0 bridgehead atoms. The molecule has 4 atom stereocenters. The summed E-state index contributed by atoms with van der Waals surface area (Å²) >= 11 is 0. The van der Waals surface area contributed by atoms with Crippen molar-refractivity contribution in [1.29, 1.82) is 0 Å². The van der Waals surface area contributed by atoms with Gasteiger partial charge < -0.3 is 14.8 Å². The molecule has 3 heteroatoms. The van der Waals surface area contributed by atoms with Gasteiger partial charge in [0.1, 0.15) is 0 Å². The fourth-order valence-electron chi connectivity index (χ4n) is 3.08. The van der Waals surface area contributed by atoms with E-state index >= 15 is 0 Å². The van der Waals surface area contributed by atoms with Gasteiger partial charge in [-0.25, -0.2) is 0 Å². The Bertz CT molecular complexity index is 240. The summed E-state index contributed by atoms with van der Waals surface area (Å²) < 4.78 is 11.5. The molecule has 0 radical (unpaired) electrons. The van der Waals surface area contributed by atoms with Crippen LogP contribution in [0.2, 0.25) is 0 Å². The van der Waals surface area contributed by atoms with Crippen LogP contribution in [-0.4, -0.2) is 38.5 Å². The first-order chi connectivity index (χ1) is 8.20. The van der Waals surface area contributed by atoms with Crippen molar-refractivity contribution < 1.29 is 9.47 Å². The summed E-state index contributed by atoms with van der Waals surface area (Å²) in [5.74, 6) is 0.634. The molecule has 1 saturated carbocycles. The lowest BCUT2D eigenvalue weighted by molar-refractivity contribution is -0.136. The number of ether oxygens (including phenoxy) is 2.